The second-order valence-electron chi connectivity index (χ2n) is 7.67. The van der Waals surface area contributed by atoms with Crippen molar-refractivity contribution in [3.8, 4) is 0 Å². The highest BCUT2D eigenvalue weighted by atomic mass is 127. The number of thiophene rings is 1. The van der Waals surface area contributed by atoms with E-state index in [0.717, 1.165) is 24.8 Å². The highest BCUT2D eigenvalue weighted by Gasteiger charge is 2.31. The lowest BCUT2D eigenvalue weighted by molar-refractivity contribution is 0.125. The molecule has 0 saturated carbocycles. The van der Waals surface area contributed by atoms with Crippen LogP contribution >= 0.6 is 35.3 Å². The van der Waals surface area contributed by atoms with Gasteiger partial charge < -0.3 is 15.1 Å². The number of nitrogens with zero attached hydrogens (tertiary/aromatic N) is 3. The van der Waals surface area contributed by atoms with Crippen molar-refractivity contribution in [1.82, 2.24) is 20.4 Å². The van der Waals surface area contributed by atoms with Crippen LogP contribution in [0.2, 0.25) is 0 Å². The zero-order chi connectivity index (χ0) is 19.9. The summed E-state index contributed by atoms with van der Waals surface area (Å²) in [5.74, 6) is 2.38. The average Bonchev–Trinajstić information content (AvgIpc) is 3.38. The fourth-order valence-electron chi connectivity index (χ4n) is 4.04. The van der Waals surface area contributed by atoms with Gasteiger partial charge in [-0.25, -0.2) is 0 Å². The number of hydrogen-bond acceptors (Lipinski definition) is 5. The Morgan fingerprint density at radius 1 is 1.34 bits per heavy atom. The summed E-state index contributed by atoms with van der Waals surface area (Å²) in [6, 6.07) is 9.02. The van der Waals surface area contributed by atoms with Crippen LogP contribution in [0.1, 0.15) is 35.6 Å². The first-order valence-electron chi connectivity index (χ1n) is 9.98. The fraction of sp³-hybridized carbons (Fsp3) is 0.571. The van der Waals surface area contributed by atoms with Crippen molar-refractivity contribution in [1.29, 1.82) is 0 Å². The molecule has 2 aromatic heterocycles. The normalized spacial score (nSPS) is 21.6. The minimum absolute atomic E-state index is 0. The van der Waals surface area contributed by atoms with Crippen molar-refractivity contribution in [3.63, 3.8) is 0 Å². The summed E-state index contributed by atoms with van der Waals surface area (Å²) in [6.07, 6.45) is 4.21. The highest BCUT2D eigenvalue weighted by Crippen LogP contribution is 2.36. The number of halogens is 1. The SMILES string of the molecule is CN=C(NCC1CCCN(C)C1c1cccs1)NCC(c1ccco1)N(C)C.I. The Labute approximate surface area is 195 Å². The van der Waals surface area contributed by atoms with E-state index < -0.39 is 0 Å². The van der Waals surface area contributed by atoms with Gasteiger partial charge in [-0.1, -0.05) is 6.07 Å². The number of aliphatic imine (C=N–C) groups is 1. The molecule has 6 nitrogen and oxygen atoms in total. The van der Waals surface area contributed by atoms with Crippen molar-refractivity contribution < 1.29 is 4.42 Å². The van der Waals surface area contributed by atoms with Crippen molar-refractivity contribution in [2.45, 2.75) is 24.9 Å². The third-order valence-corrected chi connectivity index (χ3v) is 6.50. The number of guanidine groups is 1. The van der Waals surface area contributed by atoms with Crippen LogP contribution in [0.15, 0.2) is 45.3 Å². The Hall–Kier alpha value is -1.10. The maximum absolute atomic E-state index is 5.60. The molecule has 0 radical (unpaired) electrons. The highest BCUT2D eigenvalue weighted by molar-refractivity contribution is 14.0. The molecule has 3 unspecified atom stereocenters. The van der Waals surface area contributed by atoms with Crippen molar-refractivity contribution in [2.75, 3.05) is 47.8 Å². The third-order valence-electron chi connectivity index (χ3n) is 5.55. The minimum Gasteiger partial charge on any atom is -0.468 e. The molecule has 162 valence electrons. The van der Waals surface area contributed by atoms with Crippen LogP contribution in [-0.4, -0.2) is 63.6 Å². The van der Waals surface area contributed by atoms with Crippen LogP contribution in [0.5, 0.6) is 0 Å². The number of nitrogens with one attached hydrogen (secondary N) is 2. The Balaban J connectivity index is 0.00000300. The number of furan rings is 1. The minimum atomic E-state index is 0. The molecular weight excluding hydrogens is 497 g/mol. The van der Waals surface area contributed by atoms with Gasteiger partial charge in [0.05, 0.1) is 12.3 Å². The molecular formula is C21H34IN5OS. The zero-order valence-corrected chi connectivity index (χ0v) is 20.9. The van der Waals surface area contributed by atoms with Crippen LogP contribution in [0.25, 0.3) is 0 Å². The molecule has 1 aliphatic rings. The van der Waals surface area contributed by atoms with Gasteiger partial charge in [0.1, 0.15) is 5.76 Å². The maximum Gasteiger partial charge on any atom is 0.191 e. The standard InChI is InChI=1S/C21H33N5OS.HI/c1-22-21(24-15-17(25(2)3)18-9-6-12-27-18)23-14-16-8-5-11-26(4)20(16)19-10-7-13-28-19;/h6-7,9-10,12-13,16-17,20H,5,8,11,14-15H2,1-4H3,(H2,22,23,24);1H. The van der Waals surface area contributed by atoms with Gasteiger partial charge in [0, 0.05) is 31.1 Å². The topological polar surface area (TPSA) is 56.0 Å². The van der Waals surface area contributed by atoms with Gasteiger partial charge in [0.25, 0.3) is 0 Å². The first-order valence-corrected chi connectivity index (χ1v) is 10.9. The van der Waals surface area contributed by atoms with Crippen LogP contribution in [0.3, 0.4) is 0 Å². The van der Waals surface area contributed by atoms with Crippen LogP contribution < -0.4 is 10.6 Å². The Morgan fingerprint density at radius 3 is 2.79 bits per heavy atom. The summed E-state index contributed by atoms with van der Waals surface area (Å²) < 4.78 is 5.60. The van der Waals surface area contributed by atoms with Crippen LogP contribution in [0, 0.1) is 5.92 Å². The van der Waals surface area contributed by atoms with E-state index in [-0.39, 0.29) is 30.0 Å². The maximum atomic E-state index is 5.60. The van der Waals surface area contributed by atoms with Crippen molar-refractivity contribution in [3.05, 3.63) is 46.5 Å². The summed E-state index contributed by atoms with van der Waals surface area (Å²) in [6.45, 7) is 2.82. The molecule has 2 N–H and O–H groups in total. The van der Waals surface area contributed by atoms with Gasteiger partial charge in [-0.15, -0.1) is 35.3 Å². The molecule has 29 heavy (non-hydrogen) atoms. The van der Waals surface area contributed by atoms with E-state index in [2.05, 4.69) is 64.1 Å². The molecule has 0 amide bonds. The molecule has 2 aromatic rings. The molecule has 3 rings (SSSR count). The molecule has 0 bridgehead atoms. The molecule has 3 atom stereocenters. The smallest absolute Gasteiger partial charge is 0.191 e. The molecule has 0 spiro atoms. The summed E-state index contributed by atoms with van der Waals surface area (Å²) >= 11 is 1.86. The first kappa shape index (κ1) is 24.2. The Bertz CT molecular complexity index is 720. The molecule has 1 saturated heterocycles. The predicted molar refractivity (Wildman–Crippen MR) is 132 cm³/mol. The molecule has 1 fully saturated rings. The number of hydrogen-bond donors (Lipinski definition) is 2. The summed E-state index contributed by atoms with van der Waals surface area (Å²) in [4.78, 5) is 10.5. The largest absolute Gasteiger partial charge is 0.468 e. The van der Waals surface area contributed by atoms with E-state index in [9.17, 15) is 0 Å². The van der Waals surface area contributed by atoms with Crippen molar-refractivity contribution in [2.24, 2.45) is 10.9 Å². The van der Waals surface area contributed by atoms with E-state index in [1.165, 1.54) is 24.3 Å². The molecule has 1 aliphatic heterocycles. The fourth-order valence-corrected chi connectivity index (χ4v) is 5.03. The summed E-state index contributed by atoms with van der Waals surface area (Å²) in [5.41, 5.74) is 0. The average molecular weight is 532 g/mol. The summed E-state index contributed by atoms with van der Waals surface area (Å²) in [7, 11) is 8.20. The number of likely N-dealkylation sites (tertiary alicyclic amines) is 1. The van der Waals surface area contributed by atoms with E-state index in [0.29, 0.717) is 12.0 Å². The Morgan fingerprint density at radius 2 is 2.17 bits per heavy atom. The third kappa shape index (κ3) is 6.44. The van der Waals surface area contributed by atoms with Gasteiger partial charge in [-0.05, 0) is 70.0 Å². The second kappa shape index (κ2) is 11.9. The lowest BCUT2D eigenvalue weighted by Crippen LogP contribution is -2.46. The zero-order valence-electron chi connectivity index (χ0n) is 17.8. The van der Waals surface area contributed by atoms with Crippen molar-refractivity contribution >= 4 is 41.3 Å². The lowest BCUT2D eigenvalue weighted by Gasteiger charge is -2.39. The van der Waals surface area contributed by atoms with E-state index in [1.54, 1.807) is 6.26 Å². The van der Waals surface area contributed by atoms with Crippen LogP contribution in [0.4, 0.5) is 0 Å². The molecule has 0 aliphatic carbocycles. The van der Waals surface area contributed by atoms with Gasteiger partial charge in [0.15, 0.2) is 5.96 Å². The molecule has 3 heterocycles. The van der Waals surface area contributed by atoms with Gasteiger partial charge >= 0.3 is 0 Å². The second-order valence-corrected chi connectivity index (χ2v) is 8.65. The molecule has 0 aromatic carbocycles. The summed E-state index contributed by atoms with van der Waals surface area (Å²) in [5, 5.41) is 9.20. The number of rotatable bonds is 7. The van der Waals surface area contributed by atoms with Gasteiger partial charge in [-0.2, -0.15) is 0 Å². The van der Waals surface area contributed by atoms with E-state index in [1.807, 2.05) is 30.5 Å². The van der Waals surface area contributed by atoms with Crippen LogP contribution in [-0.2, 0) is 0 Å². The number of piperidine rings is 1. The number of likely N-dealkylation sites (N-methyl/N-ethyl adjacent to an activating group) is 1. The van der Waals surface area contributed by atoms with Gasteiger partial charge in [0.2, 0.25) is 0 Å². The predicted octanol–water partition coefficient (Wildman–Crippen LogP) is 3.81. The quantitative estimate of drug-likeness (QED) is 0.324. The Kier molecular flexibility index (Phi) is 9.94. The lowest BCUT2D eigenvalue weighted by atomic mass is 9.88. The molecule has 8 heteroatoms. The van der Waals surface area contributed by atoms with Gasteiger partial charge in [-0.3, -0.25) is 14.8 Å². The van der Waals surface area contributed by atoms with E-state index >= 15 is 0 Å². The first-order chi connectivity index (χ1) is 13.6. The van der Waals surface area contributed by atoms with E-state index in [4.69, 9.17) is 4.42 Å². The monoisotopic (exact) mass is 531 g/mol.